The highest BCUT2D eigenvalue weighted by Gasteiger charge is 2.53. The van der Waals surface area contributed by atoms with Crippen molar-refractivity contribution in [2.75, 3.05) is 0 Å². The van der Waals surface area contributed by atoms with E-state index in [2.05, 4.69) is 0 Å². The molecule has 0 radical (unpaired) electrons. The Hall–Kier alpha value is -0.570. The molecule has 3 nitrogen and oxygen atoms in total. The quantitative estimate of drug-likeness (QED) is 0.393. The van der Waals surface area contributed by atoms with Crippen LogP contribution < -0.4 is 0 Å². The highest BCUT2D eigenvalue weighted by Crippen LogP contribution is 2.60. The molecule has 0 aromatic carbocycles. The van der Waals surface area contributed by atoms with Gasteiger partial charge in [-0.2, -0.15) is 0 Å². The Balaban J connectivity index is 1.94. The molecule has 0 amide bonds. The van der Waals surface area contributed by atoms with Gasteiger partial charge in [0.15, 0.2) is 0 Å². The summed E-state index contributed by atoms with van der Waals surface area (Å²) in [5.41, 5.74) is 1.08. The van der Waals surface area contributed by atoms with Crippen LogP contribution in [-0.2, 0) is 0 Å². The van der Waals surface area contributed by atoms with E-state index in [1.807, 2.05) is 0 Å². The maximum atomic E-state index is 10.6. The van der Waals surface area contributed by atoms with E-state index in [9.17, 15) is 10.1 Å². The van der Waals surface area contributed by atoms with Crippen LogP contribution in [0, 0.1) is 27.9 Å². The summed E-state index contributed by atoms with van der Waals surface area (Å²) in [6.45, 7) is 0. The minimum atomic E-state index is -0.293. The van der Waals surface area contributed by atoms with Crippen molar-refractivity contribution in [2.45, 2.75) is 37.0 Å². The molecule has 4 aliphatic rings. The van der Waals surface area contributed by atoms with Crippen molar-refractivity contribution in [1.82, 2.24) is 0 Å². The molecule has 0 spiro atoms. The normalized spacial score (nSPS) is 49.9. The predicted octanol–water partition coefficient (Wildman–Crippen LogP) is 2.96. The SMILES string of the molecule is O=[N+]([O-])C=C1[C@@H]2CC3C[C@H]1CC(Cl)(C3)C2. The molecule has 4 aliphatic carbocycles. The maximum absolute atomic E-state index is 10.6. The van der Waals surface area contributed by atoms with Gasteiger partial charge in [-0.15, -0.1) is 11.6 Å². The van der Waals surface area contributed by atoms with Crippen molar-refractivity contribution >= 4 is 11.6 Å². The molecule has 4 atom stereocenters. The van der Waals surface area contributed by atoms with Gasteiger partial charge in [-0.3, -0.25) is 10.1 Å². The van der Waals surface area contributed by atoms with Gasteiger partial charge in [0.05, 0.1) is 4.92 Å². The Morgan fingerprint density at radius 2 is 1.93 bits per heavy atom. The second kappa shape index (κ2) is 2.97. The van der Waals surface area contributed by atoms with E-state index in [-0.39, 0.29) is 9.80 Å². The summed E-state index contributed by atoms with van der Waals surface area (Å²) in [4.78, 5) is 10.3. The zero-order chi connectivity index (χ0) is 10.6. The largest absolute Gasteiger partial charge is 0.259 e. The van der Waals surface area contributed by atoms with Crippen LogP contribution in [0.5, 0.6) is 0 Å². The summed E-state index contributed by atoms with van der Waals surface area (Å²) in [6, 6.07) is 0. The number of nitro groups is 1. The fourth-order valence-electron chi connectivity index (χ4n) is 4.06. The van der Waals surface area contributed by atoms with Crippen LogP contribution in [0.15, 0.2) is 11.8 Å². The number of rotatable bonds is 1. The summed E-state index contributed by atoms with van der Waals surface area (Å²) in [5, 5.41) is 10.6. The van der Waals surface area contributed by atoms with Gasteiger partial charge in [-0.05, 0) is 49.9 Å². The van der Waals surface area contributed by atoms with Gasteiger partial charge in [-0.25, -0.2) is 0 Å². The molecule has 82 valence electrons. The zero-order valence-electron chi connectivity index (χ0n) is 8.49. The fourth-order valence-corrected chi connectivity index (χ4v) is 4.65. The van der Waals surface area contributed by atoms with Gasteiger partial charge in [0.1, 0.15) is 0 Å². The lowest BCUT2D eigenvalue weighted by molar-refractivity contribution is -0.404. The minimum absolute atomic E-state index is 0.0234. The molecule has 4 heteroatoms. The summed E-state index contributed by atoms with van der Waals surface area (Å²) in [5.74, 6) is 1.53. The Morgan fingerprint density at radius 3 is 2.40 bits per heavy atom. The number of hydrogen-bond donors (Lipinski definition) is 0. The number of allylic oxidation sites excluding steroid dienone is 1. The number of hydrogen-bond acceptors (Lipinski definition) is 2. The Morgan fingerprint density at radius 1 is 1.33 bits per heavy atom. The van der Waals surface area contributed by atoms with Crippen LogP contribution in [0.1, 0.15) is 32.1 Å². The molecule has 0 aromatic rings. The first kappa shape index (κ1) is 9.64. The molecule has 0 N–H and O–H groups in total. The molecule has 4 saturated carbocycles. The zero-order valence-corrected chi connectivity index (χ0v) is 9.24. The van der Waals surface area contributed by atoms with E-state index >= 15 is 0 Å². The van der Waals surface area contributed by atoms with Gasteiger partial charge < -0.3 is 0 Å². The molecule has 0 saturated heterocycles. The third-order valence-corrected chi connectivity index (χ3v) is 4.77. The highest BCUT2D eigenvalue weighted by molar-refractivity contribution is 6.24. The van der Waals surface area contributed by atoms with Crippen molar-refractivity contribution in [3.05, 3.63) is 21.9 Å². The van der Waals surface area contributed by atoms with Crippen LogP contribution in [0.25, 0.3) is 0 Å². The lowest BCUT2D eigenvalue weighted by Gasteiger charge is -2.54. The Kier molecular flexibility index (Phi) is 1.91. The standard InChI is InChI=1S/C11H14ClNO2/c12-11-3-7-1-8(4-11)10(6-13(14)15)9(2-7)5-11/h6-9H,1-5H2/t7?,8-,9+,11?. The number of halogens is 1. The van der Waals surface area contributed by atoms with Crippen LogP contribution in [-0.4, -0.2) is 9.80 Å². The van der Waals surface area contributed by atoms with Gasteiger partial charge in [-0.1, -0.05) is 0 Å². The predicted molar refractivity (Wildman–Crippen MR) is 57.2 cm³/mol. The van der Waals surface area contributed by atoms with E-state index in [0.717, 1.165) is 43.6 Å². The third-order valence-electron chi connectivity index (χ3n) is 4.31. The van der Waals surface area contributed by atoms with Crippen molar-refractivity contribution in [3.63, 3.8) is 0 Å². The van der Waals surface area contributed by atoms with E-state index < -0.39 is 0 Å². The first-order valence-corrected chi connectivity index (χ1v) is 5.97. The van der Waals surface area contributed by atoms with E-state index in [1.54, 1.807) is 0 Å². The van der Waals surface area contributed by atoms with Crippen LogP contribution in [0.3, 0.4) is 0 Å². The average molecular weight is 228 g/mol. The molecule has 2 unspecified atom stereocenters. The van der Waals surface area contributed by atoms with Gasteiger partial charge in [0, 0.05) is 10.4 Å². The summed E-state index contributed by atoms with van der Waals surface area (Å²) in [6.07, 6.45) is 6.57. The topological polar surface area (TPSA) is 43.1 Å². The second-order valence-electron chi connectivity index (χ2n) is 5.41. The summed E-state index contributed by atoms with van der Waals surface area (Å²) < 4.78 is 0. The Labute approximate surface area is 93.6 Å². The van der Waals surface area contributed by atoms with Crippen LogP contribution in [0.2, 0.25) is 0 Å². The molecular weight excluding hydrogens is 214 g/mol. The number of nitrogens with zero attached hydrogens (tertiary/aromatic N) is 1. The van der Waals surface area contributed by atoms with E-state index in [1.165, 1.54) is 6.20 Å². The van der Waals surface area contributed by atoms with Crippen LogP contribution in [0.4, 0.5) is 0 Å². The molecular formula is C11H14ClNO2. The maximum Gasteiger partial charge on any atom is 0.234 e. The average Bonchev–Trinajstić information content (AvgIpc) is 2.08. The third kappa shape index (κ3) is 1.48. The second-order valence-corrected chi connectivity index (χ2v) is 6.21. The smallest absolute Gasteiger partial charge is 0.234 e. The molecule has 15 heavy (non-hydrogen) atoms. The van der Waals surface area contributed by atoms with Gasteiger partial charge in [0.25, 0.3) is 0 Å². The first-order chi connectivity index (χ1) is 7.06. The number of alkyl halides is 1. The minimum Gasteiger partial charge on any atom is -0.259 e. The van der Waals surface area contributed by atoms with E-state index in [0.29, 0.717) is 11.8 Å². The van der Waals surface area contributed by atoms with Crippen molar-refractivity contribution in [3.8, 4) is 0 Å². The van der Waals surface area contributed by atoms with Gasteiger partial charge in [0.2, 0.25) is 6.20 Å². The van der Waals surface area contributed by atoms with Gasteiger partial charge >= 0.3 is 0 Å². The van der Waals surface area contributed by atoms with E-state index in [4.69, 9.17) is 11.6 Å². The molecule has 0 heterocycles. The lowest BCUT2D eigenvalue weighted by atomic mass is 9.54. The fraction of sp³-hybridized carbons (Fsp3) is 0.818. The molecule has 4 bridgehead atoms. The monoisotopic (exact) mass is 227 g/mol. The molecule has 4 fully saturated rings. The van der Waals surface area contributed by atoms with Crippen molar-refractivity contribution in [2.24, 2.45) is 17.8 Å². The summed E-state index contributed by atoms with van der Waals surface area (Å²) in [7, 11) is 0. The highest BCUT2D eigenvalue weighted by atomic mass is 35.5. The lowest BCUT2D eigenvalue weighted by Crippen LogP contribution is -2.48. The molecule has 0 aromatic heterocycles. The van der Waals surface area contributed by atoms with Crippen molar-refractivity contribution in [1.29, 1.82) is 0 Å². The summed E-state index contributed by atoms with van der Waals surface area (Å²) >= 11 is 6.54. The molecule has 4 rings (SSSR count). The van der Waals surface area contributed by atoms with Crippen LogP contribution >= 0.6 is 11.6 Å². The Bertz CT molecular complexity index is 334. The molecule has 0 aliphatic heterocycles. The van der Waals surface area contributed by atoms with Crippen molar-refractivity contribution < 1.29 is 4.92 Å². The first-order valence-electron chi connectivity index (χ1n) is 5.60.